The monoisotopic (exact) mass is 464 g/mol. The Hall–Kier alpha value is -4.13. The lowest BCUT2D eigenvalue weighted by Gasteiger charge is -2.23. The summed E-state index contributed by atoms with van der Waals surface area (Å²) in [6.07, 6.45) is 12.5. The number of amides is 1. The van der Waals surface area contributed by atoms with E-state index < -0.39 is 0 Å². The van der Waals surface area contributed by atoms with Crippen molar-refractivity contribution >= 4 is 23.2 Å². The number of aromatic nitrogens is 4. The first-order chi connectivity index (χ1) is 17.1. The average molecular weight is 465 g/mol. The molecular weight excluding hydrogens is 436 g/mol. The van der Waals surface area contributed by atoms with Gasteiger partial charge in [-0.25, -0.2) is 9.97 Å². The first kappa shape index (κ1) is 22.7. The highest BCUT2D eigenvalue weighted by Crippen LogP contribution is 2.38. The maximum absolute atomic E-state index is 13.5. The van der Waals surface area contributed by atoms with Gasteiger partial charge < -0.3 is 9.80 Å². The second kappa shape index (κ2) is 10.0. The summed E-state index contributed by atoms with van der Waals surface area (Å²) in [5.74, 6) is 1.36. The summed E-state index contributed by atoms with van der Waals surface area (Å²) in [4.78, 5) is 35.2. The lowest BCUT2D eigenvalue weighted by Crippen LogP contribution is -2.25. The minimum Gasteiger partial charge on any atom is -0.309 e. The van der Waals surface area contributed by atoms with Crippen molar-refractivity contribution < 1.29 is 4.79 Å². The van der Waals surface area contributed by atoms with Gasteiger partial charge in [-0.3, -0.25) is 14.8 Å². The quantitative estimate of drug-likeness (QED) is 0.398. The molecule has 0 atom stereocenters. The molecule has 0 radical (unpaired) electrons. The molecule has 7 nitrogen and oxygen atoms in total. The highest BCUT2D eigenvalue weighted by molar-refractivity contribution is 6.12. The third-order valence-electron chi connectivity index (χ3n) is 6.43. The number of hydrogen-bond acceptors (Lipinski definition) is 6. The summed E-state index contributed by atoms with van der Waals surface area (Å²) >= 11 is 0. The molecule has 0 unspecified atom stereocenters. The molecule has 0 saturated heterocycles. The number of nitrogens with zero attached hydrogens (tertiary/aromatic N) is 6. The largest absolute Gasteiger partial charge is 0.309 e. The minimum atomic E-state index is -0.0678. The number of pyridine rings is 4. The van der Waals surface area contributed by atoms with Gasteiger partial charge in [0.15, 0.2) is 5.82 Å². The first-order valence-electron chi connectivity index (χ1n) is 12.0. The summed E-state index contributed by atoms with van der Waals surface area (Å²) in [7, 11) is 1.81. The van der Waals surface area contributed by atoms with E-state index in [1.165, 1.54) is 11.1 Å². The fraction of sp³-hybridized carbons (Fsp3) is 0.250. The Bertz CT molecular complexity index is 1330. The normalized spacial score (nSPS) is 12.8. The molecule has 7 heteroatoms. The van der Waals surface area contributed by atoms with E-state index in [-0.39, 0.29) is 5.91 Å². The number of fused-ring (bicyclic) bond motifs is 2. The average Bonchev–Trinajstić information content (AvgIpc) is 3.00. The van der Waals surface area contributed by atoms with Crippen LogP contribution in [0, 0.1) is 0 Å². The standard InChI is InChI=1S/C28H28N6O/c1-3-34-26-24(18-22(19-31-26)5-4-20-10-14-29-15-11-20)28(35)33(2)25-9-8-23(32-27(25)34)7-6-21-12-16-30-17-13-21/h8-19H,3-7H2,1-2H3. The molecule has 0 bridgehead atoms. The molecule has 0 spiro atoms. The first-order valence-corrected chi connectivity index (χ1v) is 12.0. The second-order valence-electron chi connectivity index (χ2n) is 8.68. The summed E-state index contributed by atoms with van der Waals surface area (Å²) in [5.41, 5.74) is 5.86. The molecule has 35 heavy (non-hydrogen) atoms. The van der Waals surface area contributed by atoms with E-state index >= 15 is 0 Å². The highest BCUT2D eigenvalue weighted by atomic mass is 16.2. The lowest BCUT2D eigenvalue weighted by molar-refractivity contribution is 0.0994. The van der Waals surface area contributed by atoms with Crippen molar-refractivity contribution in [3.05, 3.63) is 101 Å². The summed E-state index contributed by atoms with van der Waals surface area (Å²) in [6, 6.07) is 14.1. The Labute approximate surface area is 205 Å². The summed E-state index contributed by atoms with van der Waals surface area (Å²) in [5, 5.41) is 0. The van der Waals surface area contributed by atoms with E-state index in [4.69, 9.17) is 9.97 Å². The van der Waals surface area contributed by atoms with Crippen molar-refractivity contribution in [2.45, 2.75) is 32.6 Å². The maximum atomic E-state index is 13.5. The van der Waals surface area contributed by atoms with Crippen LogP contribution < -0.4 is 9.80 Å². The molecule has 0 fully saturated rings. The Kier molecular flexibility index (Phi) is 6.48. The van der Waals surface area contributed by atoms with Crippen LogP contribution in [0.3, 0.4) is 0 Å². The van der Waals surface area contributed by atoms with Gasteiger partial charge >= 0.3 is 0 Å². The molecule has 0 aliphatic carbocycles. The molecule has 176 valence electrons. The van der Waals surface area contributed by atoms with Crippen molar-refractivity contribution in [3.63, 3.8) is 0 Å². The van der Waals surface area contributed by atoms with Gasteiger partial charge in [-0.05, 0) is 91.8 Å². The van der Waals surface area contributed by atoms with Crippen LogP contribution in [0.15, 0.2) is 73.4 Å². The van der Waals surface area contributed by atoms with Gasteiger partial charge in [0.2, 0.25) is 0 Å². The third kappa shape index (κ3) is 4.75. The van der Waals surface area contributed by atoms with Crippen molar-refractivity contribution in [1.29, 1.82) is 0 Å². The molecule has 4 aromatic rings. The van der Waals surface area contributed by atoms with Crippen LogP contribution in [0.1, 0.15) is 39.7 Å². The van der Waals surface area contributed by atoms with Crippen molar-refractivity contribution in [2.75, 3.05) is 23.4 Å². The van der Waals surface area contributed by atoms with E-state index in [9.17, 15) is 4.79 Å². The zero-order valence-electron chi connectivity index (χ0n) is 20.1. The van der Waals surface area contributed by atoms with Crippen LogP contribution in [0.4, 0.5) is 17.3 Å². The zero-order valence-corrected chi connectivity index (χ0v) is 20.1. The van der Waals surface area contributed by atoms with E-state index in [0.29, 0.717) is 17.9 Å². The zero-order chi connectivity index (χ0) is 24.2. The second-order valence-corrected chi connectivity index (χ2v) is 8.68. The van der Waals surface area contributed by atoms with Gasteiger partial charge in [-0.1, -0.05) is 0 Å². The van der Waals surface area contributed by atoms with Gasteiger partial charge in [0.1, 0.15) is 5.82 Å². The Morgan fingerprint density at radius 3 is 2.06 bits per heavy atom. The highest BCUT2D eigenvalue weighted by Gasteiger charge is 2.31. The minimum absolute atomic E-state index is 0.0678. The molecule has 0 saturated carbocycles. The van der Waals surface area contributed by atoms with Crippen molar-refractivity contribution in [2.24, 2.45) is 0 Å². The molecule has 1 amide bonds. The van der Waals surface area contributed by atoms with Crippen molar-refractivity contribution in [1.82, 2.24) is 19.9 Å². The Balaban J connectivity index is 1.44. The lowest BCUT2D eigenvalue weighted by atomic mass is 10.0. The van der Waals surface area contributed by atoms with Gasteiger partial charge in [0.25, 0.3) is 5.91 Å². The maximum Gasteiger partial charge on any atom is 0.261 e. The van der Waals surface area contributed by atoms with E-state index in [2.05, 4.69) is 21.8 Å². The van der Waals surface area contributed by atoms with Crippen molar-refractivity contribution in [3.8, 4) is 0 Å². The van der Waals surface area contributed by atoms with E-state index in [1.54, 1.807) is 17.3 Å². The molecular formula is C28H28N6O. The number of aryl methyl sites for hydroxylation is 4. The Morgan fingerprint density at radius 2 is 1.40 bits per heavy atom. The molecule has 1 aliphatic rings. The topological polar surface area (TPSA) is 75.1 Å². The molecule has 5 rings (SSSR count). The molecule has 4 aromatic heterocycles. The van der Waals surface area contributed by atoms with Crippen LogP contribution in [0.25, 0.3) is 0 Å². The number of hydrogen-bond donors (Lipinski definition) is 0. The predicted octanol–water partition coefficient (Wildman–Crippen LogP) is 4.59. The fourth-order valence-corrected chi connectivity index (χ4v) is 4.44. The van der Waals surface area contributed by atoms with E-state index in [1.807, 2.05) is 68.1 Å². The fourth-order valence-electron chi connectivity index (χ4n) is 4.44. The summed E-state index contributed by atoms with van der Waals surface area (Å²) < 4.78 is 0. The van der Waals surface area contributed by atoms with Gasteiger partial charge in [0.05, 0.1) is 11.3 Å². The third-order valence-corrected chi connectivity index (χ3v) is 6.43. The molecule has 0 N–H and O–H groups in total. The van der Waals surface area contributed by atoms with E-state index in [0.717, 1.165) is 48.4 Å². The van der Waals surface area contributed by atoms with Crippen LogP contribution in [0.2, 0.25) is 0 Å². The predicted molar refractivity (Wildman–Crippen MR) is 137 cm³/mol. The number of rotatable bonds is 7. The SMILES string of the molecule is CCN1c2ncc(CCc3ccncc3)cc2C(=O)N(C)c2ccc(CCc3ccncc3)nc21. The van der Waals surface area contributed by atoms with Crippen LogP contribution in [-0.2, 0) is 25.7 Å². The molecule has 0 aromatic carbocycles. The Morgan fingerprint density at radius 1 is 0.771 bits per heavy atom. The van der Waals surface area contributed by atoms with Gasteiger partial charge in [0, 0.05) is 50.3 Å². The number of anilines is 3. The van der Waals surface area contributed by atoms with Gasteiger partial charge in [-0.2, -0.15) is 0 Å². The molecule has 1 aliphatic heterocycles. The van der Waals surface area contributed by atoms with Gasteiger partial charge in [-0.15, -0.1) is 0 Å². The van der Waals surface area contributed by atoms with Crippen LogP contribution >= 0.6 is 0 Å². The number of carbonyl (C=O) groups is 1. The van der Waals surface area contributed by atoms with Crippen LogP contribution in [-0.4, -0.2) is 39.4 Å². The van der Waals surface area contributed by atoms with Crippen LogP contribution in [0.5, 0.6) is 0 Å². The number of carbonyl (C=O) groups excluding carboxylic acids is 1. The molecule has 5 heterocycles. The smallest absolute Gasteiger partial charge is 0.261 e. The summed E-state index contributed by atoms with van der Waals surface area (Å²) in [6.45, 7) is 2.72.